The zero-order valence-electron chi connectivity index (χ0n) is 17.6. The third-order valence-corrected chi connectivity index (χ3v) is 5.32. The van der Waals surface area contributed by atoms with E-state index in [4.69, 9.17) is 11.6 Å². The molecule has 0 spiro atoms. The Morgan fingerprint density at radius 2 is 2.00 bits per heavy atom. The SMILES string of the molecule is CCCCCn1c(=O)n(CCN(Cc2cccc(C)c2)C(=O)O)c(=O)c2[nH]c(Cl)nc21. The van der Waals surface area contributed by atoms with Crippen LogP contribution in [-0.4, -0.2) is 41.7 Å². The van der Waals surface area contributed by atoms with Crippen LogP contribution in [0, 0.1) is 6.92 Å². The molecule has 166 valence electrons. The molecule has 2 heterocycles. The summed E-state index contributed by atoms with van der Waals surface area (Å²) in [5, 5.41) is 9.64. The summed E-state index contributed by atoms with van der Waals surface area (Å²) < 4.78 is 2.48. The topological polar surface area (TPSA) is 113 Å². The molecule has 1 amide bonds. The molecule has 2 aromatic heterocycles. The molecule has 10 heteroatoms. The molecule has 2 N–H and O–H groups in total. The number of hydrogen-bond donors (Lipinski definition) is 2. The van der Waals surface area contributed by atoms with E-state index in [1.165, 1.54) is 9.47 Å². The zero-order chi connectivity index (χ0) is 22.5. The number of rotatable bonds is 9. The molecule has 0 bridgehead atoms. The number of benzene rings is 1. The lowest BCUT2D eigenvalue weighted by Gasteiger charge is -2.20. The molecule has 0 unspecified atom stereocenters. The molecule has 0 aliphatic carbocycles. The van der Waals surface area contributed by atoms with Crippen LogP contribution in [0.5, 0.6) is 0 Å². The van der Waals surface area contributed by atoms with Crippen LogP contribution in [0.15, 0.2) is 33.9 Å². The summed E-state index contributed by atoms with van der Waals surface area (Å²) in [6.07, 6.45) is 1.53. The van der Waals surface area contributed by atoms with Gasteiger partial charge in [-0.2, -0.15) is 4.98 Å². The fraction of sp³-hybridized carbons (Fsp3) is 0.429. The normalized spacial score (nSPS) is 11.2. The smallest absolute Gasteiger partial charge is 0.407 e. The van der Waals surface area contributed by atoms with Gasteiger partial charge in [0.1, 0.15) is 0 Å². The molecule has 0 aliphatic heterocycles. The number of aromatic nitrogens is 4. The number of hydrogen-bond acceptors (Lipinski definition) is 4. The van der Waals surface area contributed by atoms with Gasteiger partial charge in [-0.15, -0.1) is 0 Å². The van der Waals surface area contributed by atoms with E-state index >= 15 is 0 Å². The lowest BCUT2D eigenvalue weighted by molar-refractivity contribution is 0.140. The molecule has 0 fully saturated rings. The van der Waals surface area contributed by atoms with Gasteiger partial charge < -0.3 is 15.0 Å². The third kappa shape index (κ3) is 5.16. The van der Waals surface area contributed by atoms with Crippen LogP contribution in [0.2, 0.25) is 5.28 Å². The Morgan fingerprint density at radius 1 is 1.23 bits per heavy atom. The summed E-state index contributed by atoms with van der Waals surface area (Å²) in [6.45, 7) is 4.46. The lowest BCUT2D eigenvalue weighted by atomic mass is 10.1. The van der Waals surface area contributed by atoms with Crippen molar-refractivity contribution >= 4 is 28.9 Å². The van der Waals surface area contributed by atoms with Crippen LogP contribution in [0.4, 0.5) is 4.79 Å². The standard InChI is InChI=1S/C21H26ClN5O4/c1-3-4-5-9-26-17-16(23-19(22)24-17)18(28)27(20(26)29)11-10-25(21(30)31)13-15-8-6-7-14(2)12-15/h6-8,12H,3-5,9-11,13H2,1-2H3,(H,23,24)(H,30,31). The molecule has 0 saturated carbocycles. The average molecular weight is 448 g/mol. The summed E-state index contributed by atoms with van der Waals surface area (Å²) in [5.41, 5.74) is 1.15. The minimum Gasteiger partial charge on any atom is -0.465 e. The molecule has 9 nitrogen and oxygen atoms in total. The van der Waals surface area contributed by atoms with Crippen LogP contribution >= 0.6 is 11.6 Å². The first kappa shape index (κ1) is 22.6. The molecule has 1 aromatic carbocycles. The highest BCUT2D eigenvalue weighted by Gasteiger charge is 2.19. The van der Waals surface area contributed by atoms with Crippen molar-refractivity contribution in [3.8, 4) is 0 Å². The first-order chi connectivity index (χ1) is 14.8. The Morgan fingerprint density at radius 3 is 2.68 bits per heavy atom. The van der Waals surface area contributed by atoms with E-state index in [1.807, 2.05) is 31.2 Å². The van der Waals surface area contributed by atoms with Crippen molar-refractivity contribution in [1.82, 2.24) is 24.0 Å². The Labute approximate surface area is 183 Å². The number of aromatic amines is 1. The molecule has 3 aromatic rings. The van der Waals surface area contributed by atoms with Crippen molar-refractivity contribution < 1.29 is 9.90 Å². The maximum atomic E-state index is 13.1. The average Bonchev–Trinajstić information content (AvgIpc) is 3.11. The van der Waals surface area contributed by atoms with Gasteiger partial charge in [-0.25, -0.2) is 9.59 Å². The maximum absolute atomic E-state index is 13.1. The Hall–Kier alpha value is -3.07. The van der Waals surface area contributed by atoms with Crippen LogP contribution in [-0.2, 0) is 19.6 Å². The fourth-order valence-electron chi connectivity index (χ4n) is 3.55. The molecule has 0 saturated heterocycles. The molecule has 0 atom stereocenters. The summed E-state index contributed by atoms with van der Waals surface area (Å²) >= 11 is 5.95. The summed E-state index contributed by atoms with van der Waals surface area (Å²) in [6, 6.07) is 7.54. The van der Waals surface area contributed by atoms with E-state index in [0.717, 1.165) is 35.0 Å². The monoisotopic (exact) mass is 447 g/mol. The number of carboxylic acid groups (broad SMARTS) is 1. The second-order valence-electron chi connectivity index (χ2n) is 7.52. The molecule has 0 radical (unpaired) electrons. The number of nitrogens with zero attached hydrogens (tertiary/aromatic N) is 4. The molecule has 3 rings (SSSR count). The van der Waals surface area contributed by atoms with Crippen molar-refractivity contribution in [1.29, 1.82) is 0 Å². The van der Waals surface area contributed by atoms with Crippen molar-refractivity contribution in [2.75, 3.05) is 6.54 Å². The predicted octanol–water partition coefficient (Wildman–Crippen LogP) is 3.22. The number of fused-ring (bicyclic) bond motifs is 1. The van der Waals surface area contributed by atoms with Crippen molar-refractivity contribution in [2.45, 2.75) is 52.7 Å². The fourth-order valence-corrected chi connectivity index (χ4v) is 3.73. The van der Waals surface area contributed by atoms with E-state index in [9.17, 15) is 19.5 Å². The molecule has 0 aliphatic rings. The summed E-state index contributed by atoms with van der Waals surface area (Å²) in [4.78, 5) is 45.7. The minimum absolute atomic E-state index is 0.0131. The predicted molar refractivity (Wildman–Crippen MR) is 119 cm³/mol. The minimum atomic E-state index is -1.12. The van der Waals surface area contributed by atoms with Crippen molar-refractivity contribution in [3.05, 3.63) is 61.5 Å². The van der Waals surface area contributed by atoms with Gasteiger partial charge in [-0.05, 0) is 30.5 Å². The quantitative estimate of drug-likeness (QED) is 0.386. The second-order valence-corrected chi connectivity index (χ2v) is 7.88. The van der Waals surface area contributed by atoms with Crippen LogP contribution < -0.4 is 11.2 Å². The van der Waals surface area contributed by atoms with Gasteiger partial charge in [0.05, 0.1) is 0 Å². The van der Waals surface area contributed by atoms with Gasteiger partial charge in [0.15, 0.2) is 11.2 Å². The number of nitrogens with one attached hydrogen (secondary N) is 1. The van der Waals surface area contributed by atoms with Gasteiger partial charge in [0, 0.05) is 26.2 Å². The number of halogens is 1. The van der Waals surface area contributed by atoms with E-state index in [0.29, 0.717) is 6.54 Å². The Bertz CT molecular complexity index is 1200. The van der Waals surface area contributed by atoms with Crippen LogP contribution in [0.1, 0.15) is 37.3 Å². The van der Waals surface area contributed by atoms with Gasteiger partial charge in [0.25, 0.3) is 5.56 Å². The summed E-state index contributed by atoms with van der Waals surface area (Å²) in [7, 11) is 0. The van der Waals surface area contributed by atoms with Gasteiger partial charge >= 0.3 is 11.8 Å². The van der Waals surface area contributed by atoms with E-state index < -0.39 is 17.3 Å². The van der Waals surface area contributed by atoms with Gasteiger partial charge in [-0.1, -0.05) is 49.6 Å². The van der Waals surface area contributed by atoms with Gasteiger partial charge in [-0.3, -0.25) is 13.9 Å². The largest absolute Gasteiger partial charge is 0.465 e. The highest BCUT2D eigenvalue weighted by atomic mass is 35.5. The second kappa shape index (κ2) is 9.82. The summed E-state index contributed by atoms with van der Waals surface area (Å²) in [5.74, 6) is 0. The number of imidazole rings is 1. The number of carbonyl (C=O) groups is 1. The first-order valence-electron chi connectivity index (χ1n) is 10.2. The number of aryl methyl sites for hydroxylation is 2. The lowest BCUT2D eigenvalue weighted by Crippen LogP contribution is -2.43. The third-order valence-electron chi connectivity index (χ3n) is 5.14. The maximum Gasteiger partial charge on any atom is 0.407 e. The van der Waals surface area contributed by atoms with Crippen LogP contribution in [0.3, 0.4) is 0 Å². The number of unbranched alkanes of at least 4 members (excludes halogenated alkanes) is 2. The van der Waals surface area contributed by atoms with E-state index in [-0.39, 0.29) is 36.1 Å². The van der Waals surface area contributed by atoms with Crippen molar-refractivity contribution in [2.24, 2.45) is 0 Å². The highest BCUT2D eigenvalue weighted by Crippen LogP contribution is 2.11. The first-order valence-corrected chi connectivity index (χ1v) is 10.6. The van der Waals surface area contributed by atoms with Crippen molar-refractivity contribution in [3.63, 3.8) is 0 Å². The van der Waals surface area contributed by atoms with Gasteiger partial charge in [0.2, 0.25) is 5.28 Å². The highest BCUT2D eigenvalue weighted by molar-refractivity contribution is 6.28. The van der Waals surface area contributed by atoms with E-state index in [1.54, 1.807) is 0 Å². The molecular weight excluding hydrogens is 422 g/mol. The van der Waals surface area contributed by atoms with E-state index in [2.05, 4.69) is 16.9 Å². The Balaban J connectivity index is 1.91. The molecular formula is C21H26ClN5O4. The van der Waals surface area contributed by atoms with Crippen LogP contribution in [0.25, 0.3) is 11.2 Å². The number of amides is 1. The zero-order valence-corrected chi connectivity index (χ0v) is 18.4. The molecule has 31 heavy (non-hydrogen) atoms. The number of H-pyrrole nitrogens is 1. The Kier molecular flexibility index (Phi) is 7.17.